The minimum Gasteiger partial charge on any atom is -0.504 e. The molecule has 1 saturated heterocycles. The second-order valence-electron chi connectivity index (χ2n) is 4.60. The average molecular weight is 236 g/mol. The second kappa shape index (κ2) is 5.38. The summed E-state index contributed by atoms with van der Waals surface area (Å²) in [6.07, 6.45) is 0. The molecular formula is C13H20N2O2. The van der Waals surface area contributed by atoms with Crippen LogP contribution in [0.3, 0.4) is 0 Å². The summed E-state index contributed by atoms with van der Waals surface area (Å²) in [5.74, 6) is 0.746. The van der Waals surface area contributed by atoms with Crippen molar-refractivity contribution in [1.82, 2.24) is 10.2 Å². The largest absolute Gasteiger partial charge is 0.504 e. The normalized spacial score (nSPS) is 21.4. The highest BCUT2D eigenvalue weighted by Gasteiger charge is 2.15. The van der Waals surface area contributed by atoms with E-state index >= 15 is 0 Å². The first-order chi connectivity index (χ1) is 8.19. The van der Waals surface area contributed by atoms with E-state index in [2.05, 4.69) is 17.1 Å². The molecule has 1 atom stereocenters. The van der Waals surface area contributed by atoms with Crippen LogP contribution in [-0.2, 0) is 6.54 Å². The predicted molar refractivity (Wildman–Crippen MR) is 67.4 cm³/mol. The van der Waals surface area contributed by atoms with Crippen molar-refractivity contribution in [3.8, 4) is 11.5 Å². The topological polar surface area (TPSA) is 44.7 Å². The maximum absolute atomic E-state index is 9.72. The lowest BCUT2D eigenvalue weighted by molar-refractivity contribution is 0.199. The first kappa shape index (κ1) is 12.2. The maximum Gasteiger partial charge on any atom is 0.160 e. The number of hydrogen-bond donors (Lipinski definition) is 2. The zero-order valence-electron chi connectivity index (χ0n) is 10.4. The number of hydrogen-bond acceptors (Lipinski definition) is 4. The van der Waals surface area contributed by atoms with Gasteiger partial charge in [0.15, 0.2) is 11.5 Å². The fourth-order valence-electron chi connectivity index (χ4n) is 2.25. The molecule has 1 aliphatic rings. The Hall–Kier alpha value is -1.26. The molecule has 0 aromatic heterocycles. The van der Waals surface area contributed by atoms with Crippen LogP contribution in [0.4, 0.5) is 0 Å². The first-order valence-corrected chi connectivity index (χ1v) is 6.00. The van der Waals surface area contributed by atoms with Gasteiger partial charge in [-0.25, -0.2) is 0 Å². The Balaban J connectivity index is 2.00. The van der Waals surface area contributed by atoms with Gasteiger partial charge in [0.25, 0.3) is 0 Å². The molecule has 1 fully saturated rings. The van der Waals surface area contributed by atoms with Gasteiger partial charge in [-0.3, -0.25) is 4.90 Å². The summed E-state index contributed by atoms with van der Waals surface area (Å²) in [6.45, 7) is 6.20. The Morgan fingerprint density at radius 3 is 3.00 bits per heavy atom. The van der Waals surface area contributed by atoms with Gasteiger partial charge in [-0.1, -0.05) is 6.07 Å². The second-order valence-corrected chi connectivity index (χ2v) is 4.60. The minimum atomic E-state index is 0.216. The van der Waals surface area contributed by atoms with Gasteiger partial charge >= 0.3 is 0 Å². The number of nitrogens with zero attached hydrogens (tertiary/aromatic N) is 1. The quantitative estimate of drug-likeness (QED) is 0.827. The number of ether oxygens (including phenoxy) is 1. The molecule has 0 saturated carbocycles. The number of phenolic OH excluding ortho intramolecular Hbond substituents is 1. The smallest absolute Gasteiger partial charge is 0.160 e. The molecule has 2 rings (SSSR count). The number of methoxy groups -OCH3 is 1. The van der Waals surface area contributed by atoms with Crippen LogP contribution in [-0.4, -0.2) is 42.8 Å². The molecule has 0 radical (unpaired) electrons. The molecule has 2 N–H and O–H groups in total. The van der Waals surface area contributed by atoms with E-state index in [1.807, 2.05) is 12.1 Å². The van der Waals surface area contributed by atoms with Crippen LogP contribution < -0.4 is 10.1 Å². The predicted octanol–water partition coefficient (Wildman–Crippen LogP) is 1.19. The summed E-state index contributed by atoms with van der Waals surface area (Å²) in [7, 11) is 1.56. The van der Waals surface area contributed by atoms with Crippen molar-refractivity contribution >= 4 is 0 Å². The third-order valence-corrected chi connectivity index (χ3v) is 3.10. The zero-order chi connectivity index (χ0) is 12.3. The molecule has 0 aliphatic carbocycles. The van der Waals surface area contributed by atoms with Crippen LogP contribution in [0.25, 0.3) is 0 Å². The molecule has 4 heteroatoms. The Morgan fingerprint density at radius 2 is 2.35 bits per heavy atom. The summed E-state index contributed by atoms with van der Waals surface area (Å²) >= 11 is 0. The van der Waals surface area contributed by atoms with Gasteiger partial charge in [-0.15, -0.1) is 0 Å². The first-order valence-electron chi connectivity index (χ1n) is 6.00. The molecular weight excluding hydrogens is 216 g/mol. The molecule has 1 heterocycles. The van der Waals surface area contributed by atoms with Crippen molar-refractivity contribution in [1.29, 1.82) is 0 Å². The lowest BCUT2D eigenvalue weighted by atomic mass is 10.1. The van der Waals surface area contributed by atoms with E-state index in [9.17, 15) is 5.11 Å². The third-order valence-electron chi connectivity index (χ3n) is 3.10. The number of aromatic hydroxyl groups is 1. The van der Waals surface area contributed by atoms with Gasteiger partial charge in [0.1, 0.15) is 0 Å². The molecule has 0 unspecified atom stereocenters. The molecule has 0 amide bonds. The van der Waals surface area contributed by atoms with Crippen molar-refractivity contribution in [2.24, 2.45) is 0 Å². The number of benzene rings is 1. The summed E-state index contributed by atoms with van der Waals surface area (Å²) in [5.41, 5.74) is 1.12. The fraction of sp³-hybridized carbons (Fsp3) is 0.538. The highest BCUT2D eigenvalue weighted by molar-refractivity contribution is 5.41. The molecule has 0 bridgehead atoms. The summed E-state index contributed by atoms with van der Waals surface area (Å²) in [5, 5.41) is 13.1. The van der Waals surface area contributed by atoms with E-state index in [0.717, 1.165) is 31.7 Å². The van der Waals surface area contributed by atoms with E-state index in [1.54, 1.807) is 13.2 Å². The van der Waals surface area contributed by atoms with Gasteiger partial charge in [0.05, 0.1) is 7.11 Å². The van der Waals surface area contributed by atoms with Crippen LogP contribution in [0, 0.1) is 0 Å². The Morgan fingerprint density at radius 1 is 1.53 bits per heavy atom. The number of phenols is 1. The number of piperazine rings is 1. The van der Waals surface area contributed by atoms with Crippen LogP contribution in [0.15, 0.2) is 18.2 Å². The van der Waals surface area contributed by atoms with E-state index in [1.165, 1.54) is 0 Å². The number of rotatable bonds is 3. The van der Waals surface area contributed by atoms with Crippen molar-refractivity contribution in [2.75, 3.05) is 26.7 Å². The Kier molecular flexibility index (Phi) is 3.86. The Labute approximate surface area is 102 Å². The standard InChI is InChI=1S/C13H20N2O2/c1-10-8-15(6-5-14-10)9-11-3-4-13(17-2)12(16)7-11/h3-4,7,10,14,16H,5-6,8-9H2,1-2H3/t10-/m1/s1. The van der Waals surface area contributed by atoms with Crippen molar-refractivity contribution < 1.29 is 9.84 Å². The van der Waals surface area contributed by atoms with E-state index in [-0.39, 0.29) is 5.75 Å². The molecule has 4 nitrogen and oxygen atoms in total. The summed E-state index contributed by atoms with van der Waals surface area (Å²) in [4.78, 5) is 2.39. The molecule has 1 aliphatic heterocycles. The molecule has 94 valence electrons. The monoisotopic (exact) mass is 236 g/mol. The van der Waals surface area contributed by atoms with Gasteiger partial charge in [0, 0.05) is 32.2 Å². The average Bonchev–Trinajstić information content (AvgIpc) is 2.29. The van der Waals surface area contributed by atoms with Gasteiger partial charge < -0.3 is 15.2 Å². The lowest BCUT2D eigenvalue weighted by Crippen LogP contribution is -2.48. The fourth-order valence-corrected chi connectivity index (χ4v) is 2.25. The van der Waals surface area contributed by atoms with E-state index < -0.39 is 0 Å². The molecule has 0 spiro atoms. The molecule has 17 heavy (non-hydrogen) atoms. The van der Waals surface area contributed by atoms with Crippen LogP contribution in [0.1, 0.15) is 12.5 Å². The van der Waals surface area contributed by atoms with Crippen LogP contribution in [0.5, 0.6) is 11.5 Å². The van der Waals surface area contributed by atoms with Gasteiger partial charge in [-0.2, -0.15) is 0 Å². The van der Waals surface area contributed by atoms with Crippen LogP contribution >= 0.6 is 0 Å². The highest BCUT2D eigenvalue weighted by Crippen LogP contribution is 2.26. The molecule has 1 aromatic carbocycles. The highest BCUT2D eigenvalue weighted by atomic mass is 16.5. The summed E-state index contributed by atoms with van der Waals surface area (Å²) in [6, 6.07) is 6.14. The third kappa shape index (κ3) is 3.11. The van der Waals surface area contributed by atoms with Crippen LogP contribution in [0.2, 0.25) is 0 Å². The number of nitrogens with one attached hydrogen (secondary N) is 1. The summed E-state index contributed by atoms with van der Waals surface area (Å²) < 4.78 is 5.03. The van der Waals surface area contributed by atoms with Gasteiger partial charge in [0.2, 0.25) is 0 Å². The minimum absolute atomic E-state index is 0.216. The van der Waals surface area contributed by atoms with Gasteiger partial charge in [-0.05, 0) is 24.6 Å². The lowest BCUT2D eigenvalue weighted by Gasteiger charge is -2.31. The Bertz CT molecular complexity index is 382. The van der Waals surface area contributed by atoms with Crippen molar-refractivity contribution in [3.05, 3.63) is 23.8 Å². The van der Waals surface area contributed by atoms with E-state index in [4.69, 9.17) is 4.74 Å². The van der Waals surface area contributed by atoms with Crippen molar-refractivity contribution in [2.45, 2.75) is 19.5 Å². The molecule has 1 aromatic rings. The van der Waals surface area contributed by atoms with E-state index in [0.29, 0.717) is 11.8 Å². The zero-order valence-corrected chi connectivity index (χ0v) is 10.4. The SMILES string of the molecule is COc1ccc(CN2CCN[C@H](C)C2)cc1O. The maximum atomic E-state index is 9.72. The van der Waals surface area contributed by atoms with Crippen molar-refractivity contribution in [3.63, 3.8) is 0 Å².